The van der Waals surface area contributed by atoms with E-state index in [2.05, 4.69) is 5.32 Å². The van der Waals surface area contributed by atoms with Gasteiger partial charge in [-0.25, -0.2) is 4.79 Å². The molecule has 15 heavy (non-hydrogen) atoms. The van der Waals surface area contributed by atoms with Crippen LogP contribution in [0.25, 0.3) is 0 Å². The lowest BCUT2D eigenvalue weighted by molar-refractivity contribution is -0.127. The van der Waals surface area contributed by atoms with Crippen LogP contribution in [0.1, 0.15) is 20.3 Å². The first-order valence-electron chi connectivity index (χ1n) is 4.88. The van der Waals surface area contributed by atoms with Crippen LogP contribution in [0.3, 0.4) is 0 Å². The Labute approximate surface area is 94.0 Å². The molecule has 0 aromatic rings. The minimum Gasteiger partial charge on any atom is -0.393 e. The number of hydrogen-bond acceptors (Lipinski definition) is 3. The predicted octanol–water partition coefficient (Wildman–Crippen LogP) is 0.239. The maximum atomic E-state index is 11.7. The first kappa shape index (κ1) is 11.9. The van der Waals surface area contributed by atoms with Gasteiger partial charge in [0.2, 0.25) is 0 Å². The molecule has 1 fully saturated rings. The fourth-order valence-electron chi connectivity index (χ4n) is 1.39. The zero-order chi connectivity index (χ0) is 11.6. The van der Waals surface area contributed by atoms with Gasteiger partial charge in [0.15, 0.2) is 0 Å². The van der Waals surface area contributed by atoms with Crippen molar-refractivity contribution in [2.24, 2.45) is 11.7 Å². The molecule has 1 saturated heterocycles. The number of hydrogen-bond donors (Lipinski definition) is 2. The zero-order valence-corrected chi connectivity index (χ0v) is 9.63. The lowest BCUT2D eigenvalue weighted by Crippen LogP contribution is -2.38. The Balaban J connectivity index is 2.66. The lowest BCUT2D eigenvalue weighted by Gasteiger charge is -2.17. The van der Waals surface area contributed by atoms with Crippen LogP contribution in [0, 0.1) is 5.92 Å². The van der Waals surface area contributed by atoms with Gasteiger partial charge < -0.3 is 11.1 Å². The summed E-state index contributed by atoms with van der Waals surface area (Å²) in [5.74, 6) is -0.337. The van der Waals surface area contributed by atoms with Crippen LogP contribution in [0.2, 0.25) is 0 Å². The Kier molecular flexibility index (Phi) is 3.62. The SMILES string of the molecule is CCC1NC(=O)N(CC(C)C(N)=S)C1=O. The topological polar surface area (TPSA) is 75.4 Å². The third kappa shape index (κ3) is 2.44. The Morgan fingerprint density at radius 3 is 2.67 bits per heavy atom. The standard InChI is InChI=1S/C9H15N3O2S/c1-3-6-8(13)12(9(14)11-6)4-5(2)7(10)15/h5-6H,3-4H2,1-2H3,(H2,10,15)(H,11,14). The summed E-state index contributed by atoms with van der Waals surface area (Å²) in [5, 5.41) is 2.60. The molecule has 84 valence electrons. The number of nitrogens with zero attached hydrogens (tertiary/aromatic N) is 1. The van der Waals surface area contributed by atoms with Crippen LogP contribution in [-0.4, -0.2) is 34.4 Å². The lowest BCUT2D eigenvalue weighted by atomic mass is 10.1. The molecule has 6 heteroatoms. The van der Waals surface area contributed by atoms with Crippen LogP contribution in [-0.2, 0) is 4.79 Å². The van der Waals surface area contributed by atoms with Gasteiger partial charge in [-0.3, -0.25) is 9.69 Å². The summed E-state index contributed by atoms with van der Waals surface area (Å²) in [6, 6.07) is -0.744. The van der Waals surface area contributed by atoms with Gasteiger partial charge in [0, 0.05) is 12.5 Å². The first-order chi connectivity index (χ1) is 6.97. The molecule has 0 aromatic carbocycles. The van der Waals surface area contributed by atoms with E-state index in [1.54, 1.807) is 6.92 Å². The maximum absolute atomic E-state index is 11.7. The fourth-order valence-corrected chi connectivity index (χ4v) is 1.46. The van der Waals surface area contributed by atoms with Crippen molar-refractivity contribution < 1.29 is 9.59 Å². The average molecular weight is 229 g/mol. The number of carbonyl (C=O) groups excluding carboxylic acids is 2. The summed E-state index contributed by atoms with van der Waals surface area (Å²) in [7, 11) is 0. The van der Waals surface area contributed by atoms with Gasteiger partial charge >= 0.3 is 6.03 Å². The van der Waals surface area contributed by atoms with Gasteiger partial charge in [-0.2, -0.15) is 0 Å². The van der Waals surface area contributed by atoms with Crippen molar-refractivity contribution in [3.05, 3.63) is 0 Å². The number of nitrogens with one attached hydrogen (secondary N) is 1. The van der Waals surface area contributed by atoms with Gasteiger partial charge in [-0.05, 0) is 6.42 Å². The highest BCUT2D eigenvalue weighted by molar-refractivity contribution is 7.80. The summed E-state index contributed by atoms with van der Waals surface area (Å²) in [6.45, 7) is 3.90. The molecule has 0 radical (unpaired) electrons. The predicted molar refractivity (Wildman–Crippen MR) is 60.3 cm³/mol. The number of nitrogens with two attached hydrogens (primary N) is 1. The summed E-state index contributed by atoms with van der Waals surface area (Å²) in [6.07, 6.45) is 0.600. The molecule has 0 aliphatic carbocycles. The number of rotatable bonds is 4. The van der Waals surface area contributed by atoms with Crippen molar-refractivity contribution in [1.82, 2.24) is 10.2 Å². The molecule has 3 amide bonds. The fraction of sp³-hybridized carbons (Fsp3) is 0.667. The second-order valence-electron chi connectivity index (χ2n) is 3.66. The number of urea groups is 1. The van der Waals surface area contributed by atoms with E-state index in [-0.39, 0.29) is 24.4 Å². The van der Waals surface area contributed by atoms with Gasteiger partial charge in [-0.1, -0.05) is 26.1 Å². The highest BCUT2D eigenvalue weighted by Crippen LogP contribution is 2.11. The number of imide groups is 1. The van der Waals surface area contributed by atoms with Crippen LogP contribution in [0.4, 0.5) is 4.79 Å². The molecule has 5 nitrogen and oxygen atoms in total. The van der Waals surface area contributed by atoms with E-state index in [0.717, 1.165) is 0 Å². The first-order valence-corrected chi connectivity index (χ1v) is 5.29. The summed E-state index contributed by atoms with van der Waals surface area (Å²) in [4.78, 5) is 24.6. The van der Waals surface area contributed by atoms with Crippen LogP contribution < -0.4 is 11.1 Å². The molecule has 1 heterocycles. The monoisotopic (exact) mass is 229 g/mol. The number of amides is 3. The molecule has 0 spiro atoms. The molecule has 2 unspecified atom stereocenters. The molecule has 1 rings (SSSR count). The number of carbonyl (C=O) groups is 2. The van der Waals surface area contributed by atoms with Crippen molar-refractivity contribution in [1.29, 1.82) is 0 Å². The Morgan fingerprint density at radius 1 is 1.67 bits per heavy atom. The van der Waals surface area contributed by atoms with Crippen molar-refractivity contribution in [3.63, 3.8) is 0 Å². The highest BCUT2D eigenvalue weighted by atomic mass is 32.1. The van der Waals surface area contributed by atoms with Crippen molar-refractivity contribution >= 4 is 29.1 Å². The third-order valence-corrected chi connectivity index (χ3v) is 2.86. The molecule has 0 saturated carbocycles. The minimum absolute atomic E-state index is 0.148. The summed E-state index contributed by atoms with van der Waals surface area (Å²) < 4.78 is 0. The molecule has 0 aromatic heterocycles. The average Bonchev–Trinajstić information content (AvgIpc) is 2.44. The highest BCUT2D eigenvalue weighted by Gasteiger charge is 2.37. The van der Waals surface area contributed by atoms with Crippen molar-refractivity contribution in [2.75, 3.05) is 6.54 Å². The Bertz CT molecular complexity index is 306. The molecule has 2 atom stereocenters. The third-order valence-electron chi connectivity index (χ3n) is 2.46. The van der Waals surface area contributed by atoms with E-state index in [1.807, 2.05) is 6.92 Å². The van der Waals surface area contributed by atoms with E-state index in [0.29, 0.717) is 11.4 Å². The van der Waals surface area contributed by atoms with Gasteiger partial charge in [0.05, 0.1) is 4.99 Å². The largest absolute Gasteiger partial charge is 0.393 e. The normalized spacial score (nSPS) is 22.8. The quantitative estimate of drug-likeness (QED) is 0.535. The van der Waals surface area contributed by atoms with E-state index >= 15 is 0 Å². The molecular weight excluding hydrogens is 214 g/mol. The van der Waals surface area contributed by atoms with Gasteiger partial charge in [0.25, 0.3) is 5.91 Å². The van der Waals surface area contributed by atoms with E-state index < -0.39 is 6.04 Å². The summed E-state index contributed by atoms with van der Waals surface area (Å²) >= 11 is 4.80. The molecule has 1 aliphatic rings. The van der Waals surface area contributed by atoms with E-state index in [4.69, 9.17) is 18.0 Å². The van der Waals surface area contributed by atoms with Crippen molar-refractivity contribution in [2.45, 2.75) is 26.3 Å². The van der Waals surface area contributed by atoms with Gasteiger partial charge in [0.1, 0.15) is 6.04 Å². The molecule has 1 aliphatic heterocycles. The van der Waals surface area contributed by atoms with Crippen LogP contribution >= 0.6 is 12.2 Å². The van der Waals surface area contributed by atoms with E-state index in [9.17, 15) is 9.59 Å². The second-order valence-corrected chi connectivity index (χ2v) is 4.13. The second kappa shape index (κ2) is 4.57. The van der Waals surface area contributed by atoms with Crippen LogP contribution in [0.5, 0.6) is 0 Å². The minimum atomic E-state index is -0.393. The Hall–Kier alpha value is -1.17. The Morgan fingerprint density at radius 2 is 2.27 bits per heavy atom. The maximum Gasteiger partial charge on any atom is 0.324 e. The van der Waals surface area contributed by atoms with Crippen molar-refractivity contribution in [3.8, 4) is 0 Å². The molecule has 3 N–H and O–H groups in total. The number of thiocarbonyl (C=S) groups is 1. The van der Waals surface area contributed by atoms with E-state index in [1.165, 1.54) is 4.90 Å². The summed E-state index contributed by atoms with van der Waals surface area (Å²) in [5.41, 5.74) is 5.43. The molecule has 0 bridgehead atoms. The molecular formula is C9H15N3O2S. The van der Waals surface area contributed by atoms with Gasteiger partial charge in [-0.15, -0.1) is 0 Å². The van der Waals surface area contributed by atoms with Crippen LogP contribution in [0.15, 0.2) is 0 Å². The zero-order valence-electron chi connectivity index (χ0n) is 8.82. The smallest absolute Gasteiger partial charge is 0.324 e.